The number of pyridine rings is 1. The maximum absolute atomic E-state index is 13.1. The highest BCUT2D eigenvalue weighted by Gasteiger charge is 2.25. The highest BCUT2D eigenvalue weighted by Crippen LogP contribution is 2.16. The van der Waals surface area contributed by atoms with E-state index in [1.807, 2.05) is 0 Å². The van der Waals surface area contributed by atoms with E-state index in [0.717, 1.165) is 12.6 Å². The third-order valence-electron chi connectivity index (χ3n) is 3.11. The molecule has 4 nitrogen and oxygen atoms in total. The lowest BCUT2D eigenvalue weighted by molar-refractivity contribution is -0.0298. The predicted molar refractivity (Wildman–Crippen MR) is 69.3 cm³/mol. The van der Waals surface area contributed by atoms with Crippen molar-refractivity contribution in [1.29, 1.82) is 0 Å². The van der Waals surface area contributed by atoms with E-state index in [-0.39, 0.29) is 12.0 Å². The van der Waals surface area contributed by atoms with Gasteiger partial charge in [-0.1, -0.05) is 13.8 Å². The van der Waals surface area contributed by atoms with Crippen molar-refractivity contribution in [2.75, 3.05) is 19.7 Å². The van der Waals surface area contributed by atoms with Crippen LogP contribution in [-0.2, 0) is 4.74 Å². The summed E-state index contributed by atoms with van der Waals surface area (Å²) < 4.78 is 18.7. The Balaban J connectivity index is 2.03. The number of hydrogen-bond donors (Lipinski definition) is 0. The van der Waals surface area contributed by atoms with Gasteiger partial charge in [0.15, 0.2) is 0 Å². The van der Waals surface area contributed by atoms with E-state index in [4.69, 9.17) is 4.74 Å². The van der Waals surface area contributed by atoms with Crippen LogP contribution in [0.3, 0.4) is 0 Å². The minimum Gasteiger partial charge on any atom is -0.375 e. The van der Waals surface area contributed by atoms with E-state index in [1.165, 1.54) is 12.3 Å². The molecule has 1 unspecified atom stereocenters. The number of carbonyl (C=O) groups is 1. The number of hydrogen-bond acceptors (Lipinski definition) is 3. The van der Waals surface area contributed by atoms with Crippen LogP contribution in [0.15, 0.2) is 18.5 Å². The molecule has 0 aliphatic carbocycles. The maximum atomic E-state index is 13.1. The quantitative estimate of drug-likeness (QED) is 0.841. The van der Waals surface area contributed by atoms with E-state index < -0.39 is 5.82 Å². The predicted octanol–water partition coefficient (Wildman–Crippen LogP) is 2.11. The third kappa shape index (κ3) is 3.73. The number of carbonyl (C=O) groups excluding carboxylic acids is 1. The molecule has 19 heavy (non-hydrogen) atoms. The summed E-state index contributed by atoms with van der Waals surface area (Å²) in [6.07, 6.45) is 3.49. The first-order chi connectivity index (χ1) is 9.06. The first-order valence-corrected chi connectivity index (χ1v) is 6.57. The molecule has 1 aliphatic heterocycles. The largest absolute Gasteiger partial charge is 0.375 e. The van der Waals surface area contributed by atoms with Crippen molar-refractivity contribution in [2.45, 2.75) is 26.4 Å². The summed E-state index contributed by atoms with van der Waals surface area (Å²) in [5, 5.41) is 0. The van der Waals surface area contributed by atoms with Crippen molar-refractivity contribution in [1.82, 2.24) is 9.88 Å². The summed E-state index contributed by atoms with van der Waals surface area (Å²) in [6.45, 7) is 5.89. The van der Waals surface area contributed by atoms with Crippen LogP contribution >= 0.6 is 0 Å². The van der Waals surface area contributed by atoms with E-state index in [9.17, 15) is 9.18 Å². The van der Waals surface area contributed by atoms with Crippen molar-refractivity contribution < 1.29 is 13.9 Å². The molecule has 1 aromatic rings. The molecule has 1 atom stereocenters. The van der Waals surface area contributed by atoms with E-state index >= 15 is 0 Å². The third-order valence-corrected chi connectivity index (χ3v) is 3.11. The zero-order chi connectivity index (χ0) is 13.8. The van der Waals surface area contributed by atoms with Gasteiger partial charge in [-0.25, -0.2) is 4.39 Å². The van der Waals surface area contributed by atoms with Gasteiger partial charge in [0.25, 0.3) is 5.91 Å². The van der Waals surface area contributed by atoms with Crippen LogP contribution < -0.4 is 0 Å². The maximum Gasteiger partial charge on any atom is 0.255 e. The Hall–Kier alpha value is -1.49. The molecule has 1 amide bonds. The second-order valence-electron chi connectivity index (χ2n) is 5.27. The Morgan fingerprint density at radius 2 is 2.37 bits per heavy atom. The summed E-state index contributed by atoms with van der Waals surface area (Å²) in [6, 6.07) is 1.22. The lowest BCUT2D eigenvalue weighted by Gasteiger charge is -2.33. The van der Waals surface area contributed by atoms with E-state index in [1.54, 1.807) is 4.90 Å². The fourth-order valence-electron chi connectivity index (χ4n) is 2.28. The second-order valence-corrected chi connectivity index (χ2v) is 5.27. The van der Waals surface area contributed by atoms with Crippen molar-refractivity contribution in [3.05, 3.63) is 29.8 Å². The van der Waals surface area contributed by atoms with E-state index in [2.05, 4.69) is 18.8 Å². The molecule has 2 rings (SSSR count). The fraction of sp³-hybridized carbons (Fsp3) is 0.571. The van der Waals surface area contributed by atoms with Gasteiger partial charge in [-0.15, -0.1) is 0 Å². The molecule has 1 fully saturated rings. The fourth-order valence-corrected chi connectivity index (χ4v) is 2.28. The zero-order valence-electron chi connectivity index (χ0n) is 11.3. The first-order valence-electron chi connectivity index (χ1n) is 6.57. The van der Waals surface area contributed by atoms with Gasteiger partial charge in [0.2, 0.25) is 0 Å². The number of aromatic nitrogens is 1. The van der Waals surface area contributed by atoms with Crippen molar-refractivity contribution in [3.8, 4) is 0 Å². The molecule has 1 saturated heterocycles. The van der Waals surface area contributed by atoms with Gasteiger partial charge in [0, 0.05) is 19.3 Å². The van der Waals surface area contributed by atoms with Gasteiger partial charge in [-0.3, -0.25) is 9.78 Å². The summed E-state index contributed by atoms with van der Waals surface area (Å²) >= 11 is 0. The lowest BCUT2D eigenvalue weighted by atomic mass is 10.0. The Labute approximate surface area is 112 Å². The molecule has 0 aromatic carbocycles. The molecule has 0 saturated carbocycles. The number of ether oxygens (including phenoxy) is 1. The van der Waals surface area contributed by atoms with Crippen molar-refractivity contribution in [2.24, 2.45) is 5.92 Å². The molecular weight excluding hydrogens is 247 g/mol. The van der Waals surface area contributed by atoms with Crippen LogP contribution in [0.25, 0.3) is 0 Å². The van der Waals surface area contributed by atoms with Gasteiger partial charge in [0.1, 0.15) is 5.82 Å². The number of nitrogens with zero attached hydrogens (tertiary/aromatic N) is 2. The zero-order valence-corrected chi connectivity index (χ0v) is 11.3. The minimum absolute atomic E-state index is 0.0687. The van der Waals surface area contributed by atoms with Crippen molar-refractivity contribution in [3.63, 3.8) is 0 Å². The van der Waals surface area contributed by atoms with Gasteiger partial charge in [-0.05, 0) is 18.4 Å². The summed E-state index contributed by atoms with van der Waals surface area (Å²) in [4.78, 5) is 17.7. The topological polar surface area (TPSA) is 42.4 Å². The molecule has 0 radical (unpaired) electrons. The molecule has 1 aromatic heterocycles. The lowest BCUT2D eigenvalue weighted by Crippen LogP contribution is -2.46. The van der Waals surface area contributed by atoms with Crippen LogP contribution in [0.1, 0.15) is 30.6 Å². The van der Waals surface area contributed by atoms with Gasteiger partial charge < -0.3 is 9.64 Å². The summed E-state index contributed by atoms with van der Waals surface area (Å²) in [7, 11) is 0. The number of rotatable bonds is 3. The number of halogens is 1. The molecular formula is C14H19FN2O2. The number of amides is 1. The normalized spacial score (nSPS) is 19.8. The number of morpholine rings is 1. The second kappa shape index (κ2) is 6.10. The summed E-state index contributed by atoms with van der Waals surface area (Å²) in [5.74, 6) is -0.141. The average molecular weight is 266 g/mol. The summed E-state index contributed by atoms with van der Waals surface area (Å²) in [5.41, 5.74) is 0.296. The van der Waals surface area contributed by atoms with Crippen molar-refractivity contribution >= 4 is 5.91 Å². The minimum atomic E-state index is -0.488. The highest BCUT2D eigenvalue weighted by molar-refractivity contribution is 5.94. The van der Waals surface area contributed by atoms with Crippen LogP contribution in [0, 0.1) is 11.7 Å². The highest BCUT2D eigenvalue weighted by atomic mass is 19.1. The first kappa shape index (κ1) is 13.9. The Morgan fingerprint density at radius 1 is 1.58 bits per heavy atom. The average Bonchev–Trinajstić information content (AvgIpc) is 2.37. The smallest absolute Gasteiger partial charge is 0.255 e. The van der Waals surface area contributed by atoms with E-state index in [0.29, 0.717) is 31.2 Å². The van der Waals surface area contributed by atoms with Crippen LogP contribution in [0.4, 0.5) is 4.39 Å². The van der Waals surface area contributed by atoms with Gasteiger partial charge in [0.05, 0.1) is 24.5 Å². The SMILES string of the molecule is CC(C)CC1CN(C(=O)c2cncc(F)c2)CCO1. The molecule has 5 heteroatoms. The molecule has 1 aliphatic rings. The molecule has 2 heterocycles. The molecule has 104 valence electrons. The Morgan fingerprint density at radius 3 is 3.05 bits per heavy atom. The standard InChI is InChI=1S/C14H19FN2O2/c1-10(2)5-13-9-17(3-4-19-13)14(18)11-6-12(15)8-16-7-11/h6-8,10,13H,3-5,9H2,1-2H3. The monoisotopic (exact) mass is 266 g/mol. The Bertz CT molecular complexity index is 451. The van der Waals surface area contributed by atoms with Gasteiger partial charge in [-0.2, -0.15) is 0 Å². The van der Waals surface area contributed by atoms with Crippen LogP contribution in [0.5, 0.6) is 0 Å². The Kier molecular flexibility index (Phi) is 4.47. The van der Waals surface area contributed by atoms with Crippen LogP contribution in [-0.4, -0.2) is 41.6 Å². The van der Waals surface area contributed by atoms with Crippen LogP contribution in [0.2, 0.25) is 0 Å². The van der Waals surface area contributed by atoms with Gasteiger partial charge >= 0.3 is 0 Å². The molecule has 0 bridgehead atoms. The molecule has 0 spiro atoms. The molecule has 0 N–H and O–H groups in total.